The van der Waals surface area contributed by atoms with Crippen LogP contribution in [-0.2, 0) is 9.53 Å². The third-order valence-corrected chi connectivity index (χ3v) is 3.55. The highest BCUT2D eigenvalue weighted by Crippen LogP contribution is 2.23. The number of ether oxygens (including phenoxy) is 2. The zero-order chi connectivity index (χ0) is 14.5. The highest BCUT2D eigenvalue weighted by molar-refractivity contribution is 5.96. The van der Waals surface area contributed by atoms with Crippen molar-refractivity contribution in [3.05, 3.63) is 24.0 Å². The van der Waals surface area contributed by atoms with Crippen LogP contribution in [0.25, 0.3) is 0 Å². The predicted molar refractivity (Wildman–Crippen MR) is 71.4 cm³/mol. The predicted octanol–water partition coefficient (Wildman–Crippen LogP) is 1.12. The molecule has 0 radical (unpaired) electrons. The largest absolute Gasteiger partial charge is 0.494 e. The van der Waals surface area contributed by atoms with Gasteiger partial charge in [0.25, 0.3) is 5.91 Å². The Kier molecular flexibility index (Phi) is 4.55. The third kappa shape index (κ3) is 2.89. The van der Waals surface area contributed by atoms with Crippen molar-refractivity contribution in [2.75, 3.05) is 27.3 Å². The molecule has 1 aliphatic heterocycles. The molecule has 1 aromatic rings. The number of carbonyl (C=O) groups excluding carboxylic acids is 2. The Bertz CT molecular complexity index is 496. The maximum absolute atomic E-state index is 12.4. The molecule has 1 fully saturated rings. The molecule has 1 amide bonds. The molecule has 6 nitrogen and oxygen atoms in total. The Morgan fingerprint density at radius 2 is 2.00 bits per heavy atom. The molecule has 1 saturated heterocycles. The summed E-state index contributed by atoms with van der Waals surface area (Å²) in [6.45, 7) is 1.09. The Morgan fingerprint density at radius 3 is 2.60 bits per heavy atom. The Labute approximate surface area is 117 Å². The van der Waals surface area contributed by atoms with Gasteiger partial charge in [0.1, 0.15) is 5.75 Å². The molecule has 0 atom stereocenters. The van der Waals surface area contributed by atoms with Gasteiger partial charge in [0.15, 0.2) is 0 Å². The average Bonchev–Trinajstić information content (AvgIpc) is 2.53. The number of hydrogen-bond acceptors (Lipinski definition) is 5. The van der Waals surface area contributed by atoms with Crippen LogP contribution >= 0.6 is 0 Å². The lowest BCUT2D eigenvalue weighted by atomic mass is 9.96. The van der Waals surface area contributed by atoms with Crippen LogP contribution in [0, 0.1) is 5.92 Å². The fourth-order valence-corrected chi connectivity index (χ4v) is 2.37. The van der Waals surface area contributed by atoms with Crippen molar-refractivity contribution in [3.8, 4) is 5.75 Å². The lowest BCUT2D eigenvalue weighted by molar-refractivity contribution is -0.146. The average molecular weight is 278 g/mol. The van der Waals surface area contributed by atoms with E-state index < -0.39 is 0 Å². The van der Waals surface area contributed by atoms with Crippen molar-refractivity contribution >= 4 is 11.9 Å². The van der Waals surface area contributed by atoms with Gasteiger partial charge in [-0.05, 0) is 18.9 Å². The number of hydrogen-bond donors (Lipinski definition) is 0. The third-order valence-electron chi connectivity index (χ3n) is 3.55. The summed E-state index contributed by atoms with van der Waals surface area (Å²) in [6, 6.07) is 1.65. The second-order valence-corrected chi connectivity index (χ2v) is 4.67. The van der Waals surface area contributed by atoms with Crippen LogP contribution in [-0.4, -0.2) is 49.1 Å². The summed E-state index contributed by atoms with van der Waals surface area (Å²) in [7, 11) is 2.90. The summed E-state index contributed by atoms with van der Waals surface area (Å²) in [4.78, 5) is 29.6. The molecule has 0 aliphatic carbocycles. The van der Waals surface area contributed by atoms with Crippen molar-refractivity contribution in [1.82, 2.24) is 9.88 Å². The number of likely N-dealkylation sites (tertiary alicyclic amines) is 1. The second kappa shape index (κ2) is 6.36. The maximum Gasteiger partial charge on any atom is 0.308 e. The number of nitrogens with zero attached hydrogens (tertiary/aromatic N) is 2. The van der Waals surface area contributed by atoms with Gasteiger partial charge < -0.3 is 14.4 Å². The number of piperidine rings is 1. The van der Waals surface area contributed by atoms with E-state index in [2.05, 4.69) is 4.98 Å². The highest BCUT2D eigenvalue weighted by atomic mass is 16.5. The maximum atomic E-state index is 12.4. The van der Waals surface area contributed by atoms with Crippen LogP contribution in [0.15, 0.2) is 18.5 Å². The number of carbonyl (C=O) groups is 2. The van der Waals surface area contributed by atoms with Gasteiger partial charge in [0.2, 0.25) is 0 Å². The molecule has 0 unspecified atom stereocenters. The molecule has 2 rings (SSSR count). The fourth-order valence-electron chi connectivity index (χ4n) is 2.37. The van der Waals surface area contributed by atoms with Gasteiger partial charge in [-0.3, -0.25) is 14.6 Å². The number of methoxy groups -OCH3 is 2. The topological polar surface area (TPSA) is 68.7 Å². The van der Waals surface area contributed by atoms with E-state index in [9.17, 15) is 9.59 Å². The van der Waals surface area contributed by atoms with Crippen molar-refractivity contribution < 1.29 is 19.1 Å². The standard InChI is InChI=1S/C14H18N2O4/c1-19-12-9-15-6-3-11(12)13(17)16-7-4-10(5-8-16)14(18)20-2/h3,6,9-10H,4-5,7-8H2,1-2H3. The van der Waals surface area contributed by atoms with Gasteiger partial charge >= 0.3 is 5.97 Å². The molecule has 0 saturated carbocycles. The van der Waals surface area contributed by atoms with Gasteiger partial charge in [-0.25, -0.2) is 0 Å². The van der Waals surface area contributed by atoms with Gasteiger partial charge in [-0.2, -0.15) is 0 Å². The number of aromatic nitrogens is 1. The van der Waals surface area contributed by atoms with Crippen LogP contribution in [0.2, 0.25) is 0 Å². The Balaban J connectivity index is 2.03. The summed E-state index contributed by atoms with van der Waals surface area (Å²) in [6.07, 6.45) is 4.35. The molecule has 6 heteroatoms. The molecule has 0 N–H and O–H groups in total. The first-order chi connectivity index (χ1) is 9.67. The van der Waals surface area contributed by atoms with Crippen molar-refractivity contribution in [2.24, 2.45) is 5.92 Å². The smallest absolute Gasteiger partial charge is 0.308 e. The van der Waals surface area contributed by atoms with Gasteiger partial charge in [-0.15, -0.1) is 0 Å². The summed E-state index contributed by atoms with van der Waals surface area (Å²) < 4.78 is 9.89. The van der Waals surface area contributed by atoms with E-state index in [4.69, 9.17) is 9.47 Å². The monoisotopic (exact) mass is 278 g/mol. The highest BCUT2D eigenvalue weighted by Gasteiger charge is 2.29. The van der Waals surface area contributed by atoms with Crippen LogP contribution < -0.4 is 4.74 Å². The van der Waals surface area contributed by atoms with Crippen LogP contribution in [0.3, 0.4) is 0 Å². The first-order valence-corrected chi connectivity index (χ1v) is 6.52. The minimum atomic E-state index is -0.196. The van der Waals surface area contributed by atoms with Gasteiger partial charge in [0.05, 0.1) is 31.9 Å². The summed E-state index contributed by atoms with van der Waals surface area (Å²) >= 11 is 0. The van der Waals surface area contributed by atoms with Crippen LogP contribution in [0.4, 0.5) is 0 Å². The van der Waals surface area contributed by atoms with E-state index >= 15 is 0 Å². The number of amides is 1. The zero-order valence-corrected chi connectivity index (χ0v) is 11.7. The molecule has 1 aromatic heterocycles. The molecule has 20 heavy (non-hydrogen) atoms. The first kappa shape index (κ1) is 14.3. The van der Waals surface area contributed by atoms with Crippen LogP contribution in [0.5, 0.6) is 5.75 Å². The quantitative estimate of drug-likeness (QED) is 0.775. The molecule has 1 aliphatic rings. The van der Waals surface area contributed by atoms with E-state index in [-0.39, 0.29) is 17.8 Å². The summed E-state index contributed by atoms with van der Waals surface area (Å²) in [5.41, 5.74) is 0.499. The molecule has 108 valence electrons. The minimum absolute atomic E-state index is 0.0902. The van der Waals surface area contributed by atoms with Crippen molar-refractivity contribution in [2.45, 2.75) is 12.8 Å². The van der Waals surface area contributed by atoms with E-state index in [1.54, 1.807) is 17.2 Å². The van der Waals surface area contributed by atoms with E-state index in [0.717, 1.165) is 0 Å². The lowest BCUT2D eigenvalue weighted by Crippen LogP contribution is -2.40. The number of rotatable bonds is 3. The molecule has 0 bridgehead atoms. The first-order valence-electron chi connectivity index (χ1n) is 6.52. The fraction of sp³-hybridized carbons (Fsp3) is 0.500. The minimum Gasteiger partial charge on any atom is -0.494 e. The molecular weight excluding hydrogens is 260 g/mol. The zero-order valence-electron chi connectivity index (χ0n) is 11.7. The molecule has 0 spiro atoms. The second-order valence-electron chi connectivity index (χ2n) is 4.67. The molecule has 2 heterocycles. The Morgan fingerprint density at radius 1 is 1.30 bits per heavy atom. The molecule has 0 aromatic carbocycles. The van der Waals surface area contributed by atoms with Crippen molar-refractivity contribution in [1.29, 1.82) is 0 Å². The van der Waals surface area contributed by atoms with E-state index in [0.29, 0.717) is 37.2 Å². The lowest BCUT2D eigenvalue weighted by Gasteiger charge is -2.31. The van der Waals surface area contributed by atoms with Crippen molar-refractivity contribution in [3.63, 3.8) is 0 Å². The SMILES string of the molecule is COC(=O)C1CCN(C(=O)c2ccncc2OC)CC1. The number of pyridine rings is 1. The normalized spacial score (nSPS) is 15.8. The van der Waals surface area contributed by atoms with E-state index in [1.807, 2.05) is 0 Å². The Hall–Kier alpha value is -2.11. The summed E-state index contributed by atoms with van der Waals surface area (Å²) in [5.74, 6) is 0.0714. The van der Waals surface area contributed by atoms with Gasteiger partial charge in [-0.1, -0.05) is 0 Å². The van der Waals surface area contributed by atoms with Gasteiger partial charge in [0, 0.05) is 19.3 Å². The van der Waals surface area contributed by atoms with E-state index in [1.165, 1.54) is 20.4 Å². The molecular formula is C14H18N2O4. The number of esters is 1. The summed E-state index contributed by atoms with van der Waals surface area (Å²) in [5, 5.41) is 0. The van der Waals surface area contributed by atoms with Crippen LogP contribution in [0.1, 0.15) is 23.2 Å².